The Morgan fingerprint density at radius 1 is 1.00 bits per heavy atom. The van der Waals surface area contributed by atoms with E-state index in [4.69, 9.17) is 15.2 Å². The van der Waals surface area contributed by atoms with Gasteiger partial charge >= 0.3 is 0 Å². The van der Waals surface area contributed by atoms with Crippen LogP contribution in [0.1, 0.15) is 17.2 Å². The van der Waals surface area contributed by atoms with Crippen LogP contribution in [0, 0.1) is 5.82 Å². The van der Waals surface area contributed by atoms with Gasteiger partial charge in [-0.2, -0.15) is 0 Å². The molecule has 0 aliphatic heterocycles. The van der Waals surface area contributed by atoms with Crippen LogP contribution in [0.25, 0.3) is 0 Å². The van der Waals surface area contributed by atoms with Gasteiger partial charge in [-0.15, -0.1) is 0 Å². The molecule has 1 unspecified atom stereocenters. The molecule has 2 N–H and O–H groups in total. The van der Waals surface area contributed by atoms with Gasteiger partial charge in [-0.1, -0.05) is 22.0 Å². The Morgan fingerprint density at radius 2 is 1.70 bits per heavy atom. The maximum absolute atomic E-state index is 13.5. The SMILES string of the molecule is COc1cc(Br)ccc1C(N)c1cc(F)ccc1OC. The molecule has 2 aromatic carbocycles. The van der Waals surface area contributed by atoms with Crippen LogP contribution >= 0.6 is 15.9 Å². The van der Waals surface area contributed by atoms with Crippen LogP contribution in [0.2, 0.25) is 0 Å². The van der Waals surface area contributed by atoms with E-state index in [0.29, 0.717) is 17.1 Å². The van der Waals surface area contributed by atoms with E-state index in [9.17, 15) is 4.39 Å². The lowest BCUT2D eigenvalue weighted by Gasteiger charge is -2.19. The number of rotatable bonds is 4. The van der Waals surface area contributed by atoms with E-state index in [1.54, 1.807) is 13.2 Å². The van der Waals surface area contributed by atoms with E-state index >= 15 is 0 Å². The fraction of sp³-hybridized carbons (Fsp3) is 0.200. The highest BCUT2D eigenvalue weighted by atomic mass is 79.9. The molecule has 0 aromatic heterocycles. The summed E-state index contributed by atoms with van der Waals surface area (Å²) in [7, 11) is 3.10. The highest BCUT2D eigenvalue weighted by molar-refractivity contribution is 9.10. The van der Waals surface area contributed by atoms with Crippen molar-refractivity contribution in [2.75, 3.05) is 14.2 Å². The summed E-state index contributed by atoms with van der Waals surface area (Å²) in [5, 5.41) is 0. The standard InChI is InChI=1S/C15H15BrFNO2/c1-19-13-6-4-10(17)8-12(13)15(18)11-5-3-9(16)7-14(11)20-2/h3-8,15H,18H2,1-2H3. The Morgan fingerprint density at radius 3 is 2.35 bits per heavy atom. The van der Waals surface area contributed by atoms with Gasteiger partial charge in [0.05, 0.1) is 20.3 Å². The molecule has 20 heavy (non-hydrogen) atoms. The predicted molar refractivity (Wildman–Crippen MR) is 79.7 cm³/mol. The Bertz CT molecular complexity index is 619. The van der Waals surface area contributed by atoms with Gasteiger partial charge in [-0.3, -0.25) is 0 Å². The highest BCUT2D eigenvalue weighted by Crippen LogP contribution is 2.34. The van der Waals surface area contributed by atoms with Crippen molar-refractivity contribution in [3.63, 3.8) is 0 Å². The molecule has 0 heterocycles. The highest BCUT2D eigenvalue weighted by Gasteiger charge is 2.18. The number of ether oxygens (including phenoxy) is 2. The molecule has 0 radical (unpaired) electrons. The average Bonchev–Trinajstić information content (AvgIpc) is 2.46. The van der Waals surface area contributed by atoms with Gasteiger partial charge in [0.15, 0.2) is 0 Å². The fourth-order valence-corrected chi connectivity index (χ4v) is 2.40. The van der Waals surface area contributed by atoms with Crippen LogP contribution < -0.4 is 15.2 Å². The van der Waals surface area contributed by atoms with Gasteiger partial charge in [0.2, 0.25) is 0 Å². The second-order valence-corrected chi connectivity index (χ2v) is 5.17. The zero-order valence-corrected chi connectivity index (χ0v) is 12.8. The summed E-state index contributed by atoms with van der Waals surface area (Å²) in [5.74, 6) is 0.828. The molecule has 2 rings (SSSR count). The summed E-state index contributed by atoms with van der Waals surface area (Å²) in [6.45, 7) is 0. The minimum Gasteiger partial charge on any atom is -0.496 e. The fourth-order valence-electron chi connectivity index (χ4n) is 2.06. The summed E-state index contributed by atoms with van der Waals surface area (Å²) in [4.78, 5) is 0. The van der Waals surface area contributed by atoms with Crippen molar-refractivity contribution in [1.82, 2.24) is 0 Å². The van der Waals surface area contributed by atoms with Crippen LogP contribution in [0.5, 0.6) is 11.5 Å². The van der Waals surface area contributed by atoms with Crippen LogP contribution in [0.3, 0.4) is 0 Å². The predicted octanol–water partition coefficient (Wildman–Crippen LogP) is 3.65. The Balaban J connectivity index is 2.51. The number of halogens is 2. The molecular formula is C15H15BrFNO2. The van der Waals surface area contributed by atoms with E-state index in [0.717, 1.165) is 10.0 Å². The van der Waals surface area contributed by atoms with Gasteiger partial charge in [-0.25, -0.2) is 4.39 Å². The molecule has 0 bridgehead atoms. The molecule has 0 saturated heterocycles. The molecule has 2 aromatic rings. The van der Waals surface area contributed by atoms with Gasteiger partial charge in [-0.05, 0) is 30.3 Å². The van der Waals surface area contributed by atoms with Crippen molar-refractivity contribution in [3.05, 3.63) is 57.8 Å². The number of hydrogen-bond acceptors (Lipinski definition) is 3. The van der Waals surface area contributed by atoms with Crippen molar-refractivity contribution >= 4 is 15.9 Å². The van der Waals surface area contributed by atoms with Crippen LogP contribution in [-0.2, 0) is 0 Å². The molecule has 0 amide bonds. The molecule has 0 aliphatic carbocycles. The summed E-state index contributed by atoms with van der Waals surface area (Å²) in [5.41, 5.74) is 7.59. The molecule has 1 atom stereocenters. The number of methoxy groups -OCH3 is 2. The summed E-state index contributed by atoms with van der Waals surface area (Å²) >= 11 is 3.38. The number of hydrogen-bond donors (Lipinski definition) is 1. The Labute approximate surface area is 125 Å². The third-order valence-corrected chi connectivity index (χ3v) is 3.55. The topological polar surface area (TPSA) is 44.5 Å². The van der Waals surface area contributed by atoms with Crippen molar-refractivity contribution in [1.29, 1.82) is 0 Å². The van der Waals surface area contributed by atoms with Gasteiger partial charge in [0.1, 0.15) is 17.3 Å². The largest absolute Gasteiger partial charge is 0.496 e. The first-order valence-corrected chi connectivity index (χ1v) is 6.78. The molecule has 0 aliphatic rings. The minimum atomic E-state index is -0.538. The molecule has 106 valence electrons. The minimum absolute atomic E-state index is 0.354. The third-order valence-electron chi connectivity index (χ3n) is 3.06. The molecule has 0 saturated carbocycles. The Hall–Kier alpha value is -1.59. The van der Waals surface area contributed by atoms with E-state index < -0.39 is 6.04 Å². The lowest BCUT2D eigenvalue weighted by atomic mass is 9.97. The first-order chi connectivity index (χ1) is 9.56. The van der Waals surface area contributed by atoms with Crippen molar-refractivity contribution in [3.8, 4) is 11.5 Å². The van der Waals surface area contributed by atoms with Crippen molar-refractivity contribution in [2.45, 2.75) is 6.04 Å². The molecular weight excluding hydrogens is 325 g/mol. The van der Waals surface area contributed by atoms with Gasteiger partial charge in [0.25, 0.3) is 0 Å². The first kappa shape index (κ1) is 14.8. The lowest BCUT2D eigenvalue weighted by molar-refractivity contribution is 0.399. The smallest absolute Gasteiger partial charge is 0.125 e. The molecule has 5 heteroatoms. The molecule has 3 nitrogen and oxygen atoms in total. The zero-order chi connectivity index (χ0) is 14.7. The van der Waals surface area contributed by atoms with Crippen LogP contribution in [0.4, 0.5) is 4.39 Å². The van der Waals surface area contributed by atoms with Crippen LogP contribution in [-0.4, -0.2) is 14.2 Å². The molecule has 0 spiro atoms. The average molecular weight is 340 g/mol. The van der Waals surface area contributed by atoms with E-state index in [1.165, 1.54) is 19.2 Å². The summed E-state index contributed by atoms with van der Waals surface area (Å²) in [6, 6.07) is 9.28. The van der Waals surface area contributed by atoms with Gasteiger partial charge < -0.3 is 15.2 Å². The second-order valence-electron chi connectivity index (χ2n) is 4.25. The monoisotopic (exact) mass is 339 g/mol. The maximum atomic E-state index is 13.5. The number of nitrogens with two attached hydrogens (primary N) is 1. The van der Waals surface area contributed by atoms with E-state index in [-0.39, 0.29) is 5.82 Å². The maximum Gasteiger partial charge on any atom is 0.125 e. The Kier molecular flexibility index (Phi) is 4.62. The van der Waals surface area contributed by atoms with Crippen molar-refractivity contribution in [2.24, 2.45) is 5.73 Å². The van der Waals surface area contributed by atoms with E-state index in [2.05, 4.69) is 15.9 Å². The lowest BCUT2D eigenvalue weighted by Crippen LogP contribution is -2.14. The summed E-state index contributed by atoms with van der Waals surface area (Å²) in [6.07, 6.45) is 0. The van der Waals surface area contributed by atoms with E-state index in [1.807, 2.05) is 18.2 Å². The number of benzene rings is 2. The van der Waals surface area contributed by atoms with Crippen molar-refractivity contribution < 1.29 is 13.9 Å². The first-order valence-electron chi connectivity index (χ1n) is 5.99. The molecule has 0 fully saturated rings. The quantitative estimate of drug-likeness (QED) is 0.924. The van der Waals surface area contributed by atoms with Gasteiger partial charge in [0, 0.05) is 15.6 Å². The second kappa shape index (κ2) is 6.24. The summed E-state index contributed by atoms with van der Waals surface area (Å²) < 4.78 is 24.9. The zero-order valence-electron chi connectivity index (χ0n) is 11.2. The normalized spacial score (nSPS) is 12.1. The third kappa shape index (κ3) is 2.94. The van der Waals surface area contributed by atoms with Crippen LogP contribution in [0.15, 0.2) is 40.9 Å².